The number of aliphatic hydroxyl groups is 1. The van der Waals surface area contributed by atoms with E-state index < -0.39 is 10.1 Å². The molecule has 21 heavy (non-hydrogen) atoms. The van der Waals surface area contributed by atoms with Crippen molar-refractivity contribution in [2.24, 2.45) is 0 Å². The fourth-order valence-corrected chi connectivity index (χ4v) is 2.13. The van der Waals surface area contributed by atoms with E-state index in [0.717, 1.165) is 6.42 Å². The van der Waals surface area contributed by atoms with Crippen molar-refractivity contribution < 1.29 is 18.1 Å². The lowest BCUT2D eigenvalue weighted by molar-refractivity contribution is 0.282. The van der Waals surface area contributed by atoms with Crippen LogP contribution in [-0.4, -0.2) is 30.9 Å². The van der Waals surface area contributed by atoms with E-state index in [4.69, 9.17) is 9.66 Å². The molecule has 2 N–H and O–H groups in total. The summed E-state index contributed by atoms with van der Waals surface area (Å²) in [6.07, 6.45) is 18.4. The van der Waals surface area contributed by atoms with Crippen LogP contribution in [0.25, 0.3) is 0 Å². The van der Waals surface area contributed by atoms with E-state index >= 15 is 0 Å². The average molecular weight is 325 g/mol. The van der Waals surface area contributed by atoms with Crippen molar-refractivity contribution in [2.45, 2.75) is 90.4 Å². The third-order valence-corrected chi connectivity index (χ3v) is 3.26. The van der Waals surface area contributed by atoms with Gasteiger partial charge in [-0.05, 0) is 6.42 Å². The zero-order chi connectivity index (χ0) is 16.4. The van der Waals surface area contributed by atoms with Gasteiger partial charge in [0.25, 0.3) is 10.1 Å². The van der Waals surface area contributed by atoms with Gasteiger partial charge in [-0.25, -0.2) is 0 Å². The normalized spacial score (nSPS) is 11.0. The molecule has 0 aliphatic rings. The Morgan fingerprint density at radius 1 is 0.667 bits per heavy atom. The molecule has 0 aliphatic heterocycles. The lowest BCUT2D eigenvalue weighted by Crippen LogP contribution is -1.88. The molecule has 0 unspecified atom stereocenters. The molecule has 0 aliphatic carbocycles. The zero-order valence-electron chi connectivity index (χ0n) is 14.0. The van der Waals surface area contributed by atoms with Gasteiger partial charge < -0.3 is 5.11 Å². The highest BCUT2D eigenvalue weighted by Gasteiger charge is 1.93. The fourth-order valence-electron chi connectivity index (χ4n) is 2.13. The molecule has 0 bridgehead atoms. The van der Waals surface area contributed by atoms with Gasteiger partial charge in [0.1, 0.15) is 0 Å². The molecule has 0 fully saturated rings. The first-order valence-corrected chi connectivity index (χ1v) is 10.3. The molecule has 5 heteroatoms. The van der Waals surface area contributed by atoms with Gasteiger partial charge >= 0.3 is 0 Å². The van der Waals surface area contributed by atoms with Crippen molar-refractivity contribution in [3.05, 3.63) is 0 Å². The van der Waals surface area contributed by atoms with Crippen molar-refractivity contribution >= 4 is 10.1 Å². The van der Waals surface area contributed by atoms with Crippen LogP contribution in [0.1, 0.15) is 90.4 Å². The summed E-state index contributed by atoms with van der Waals surface area (Å²) in [6, 6.07) is 0. The van der Waals surface area contributed by atoms with Crippen LogP contribution in [0.4, 0.5) is 0 Å². The first-order chi connectivity index (χ1) is 9.91. The van der Waals surface area contributed by atoms with Crippen LogP contribution in [-0.2, 0) is 10.1 Å². The van der Waals surface area contributed by atoms with Crippen molar-refractivity contribution in [2.75, 3.05) is 12.9 Å². The molecule has 0 saturated heterocycles. The van der Waals surface area contributed by atoms with Gasteiger partial charge in [0.2, 0.25) is 0 Å². The van der Waals surface area contributed by atoms with Gasteiger partial charge in [-0.3, -0.25) is 4.55 Å². The lowest BCUT2D eigenvalue weighted by atomic mass is 10.0. The Hall–Kier alpha value is -0.130. The molecule has 0 amide bonds. The van der Waals surface area contributed by atoms with Crippen LogP contribution in [0.2, 0.25) is 0 Å². The van der Waals surface area contributed by atoms with E-state index in [-0.39, 0.29) is 0 Å². The molecule has 0 spiro atoms. The largest absolute Gasteiger partial charge is 0.396 e. The van der Waals surface area contributed by atoms with Crippen molar-refractivity contribution in [1.29, 1.82) is 0 Å². The van der Waals surface area contributed by atoms with Crippen molar-refractivity contribution in [3.8, 4) is 0 Å². The molecule has 0 saturated carbocycles. The second-order valence-electron chi connectivity index (χ2n) is 5.70. The third kappa shape index (κ3) is 38.3. The lowest BCUT2D eigenvalue weighted by Gasteiger charge is -2.02. The van der Waals surface area contributed by atoms with E-state index in [1.807, 2.05) is 0 Å². The Morgan fingerprint density at radius 3 is 1.14 bits per heavy atom. The van der Waals surface area contributed by atoms with Gasteiger partial charge in [-0.2, -0.15) is 8.42 Å². The predicted molar refractivity (Wildman–Crippen MR) is 90.3 cm³/mol. The Labute approximate surface area is 132 Å². The summed E-state index contributed by atoms with van der Waals surface area (Å²) in [5, 5.41) is 8.63. The summed E-state index contributed by atoms with van der Waals surface area (Å²) in [6.45, 7) is 2.65. The number of aliphatic hydroxyl groups excluding tert-OH is 1. The number of hydrogen-bond donors (Lipinski definition) is 2. The van der Waals surface area contributed by atoms with Crippen LogP contribution in [0.3, 0.4) is 0 Å². The number of unbranched alkanes of at least 4 members (excludes halogenated alkanes) is 12. The third-order valence-electron chi connectivity index (χ3n) is 3.26. The molecule has 0 rings (SSSR count). The Morgan fingerprint density at radius 2 is 0.905 bits per heavy atom. The minimum absolute atomic E-state index is 0.373. The predicted octanol–water partition coefficient (Wildman–Crippen LogP) is 4.57. The Bertz CT molecular complexity index is 254. The first-order valence-electron chi connectivity index (χ1n) is 8.45. The molecule has 0 aromatic carbocycles. The van der Waals surface area contributed by atoms with Gasteiger partial charge in [0.05, 0.1) is 6.26 Å². The zero-order valence-corrected chi connectivity index (χ0v) is 14.8. The van der Waals surface area contributed by atoms with Gasteiger partial charge in [0, 0.05) is 6.61 Å². The minimum atomic E-state index is -3.67. The topological polar surface area (TPSA) is 74.6 Å². The monoisotopic (exact) mass is 324 g/mol. The summed E-state index contributed by atoms with van der Waals surface area (Å²) >= 11 is 0. The highest BCUT2D eigenvalue weighted by atomic mass is 32.2. The summed E-state index contributed by atoms with van der Waals surface area (Å²) in [5.41, 5.74) is 0. The molecule has 0 atom stereocenters. The quantitative estimate of drug-likeness (QED) is 0.384. The standard InChI is InChI=1S/C15H32O.CH4O3S/c1-2-3-4-5-6-7-8-9-10-11-12-13-14-15-16;1-5(2,3)4/h16H,2-15H2,1H3;1H3,(H,2,3,4). The van der Waals surface area contributed by atoms with Crippen molar-refractivity contribution in [3.63, 3.8) is 0 Å². The fraction of sp³-hybridized carbons (Fsp3) is 1.00. The van der Waals surface area contributed by atoms with Crippen LogP contribution in [0.5, 0.6) is 0 Å². The summed E-state index contributed by atoms with van der Waals surface area (Å²) in [7, 11) is -3.67. The highest BCUT2D eigenvalue weighted by Crippen LogP contribution is 2.12. The molecule has 0 heterocycles. The van der Waals surface area contributed by atoms with Gasteiger partial charge in [-0.15, -0.1) is 0 Å². The van der Waals surface area contributed by atoms with Crippen LogP contribution in [0, 0.1) is 0 Å². The second-order valence-corrected chi connectivity index (χ2v) is 7.17. The Balaban J connectivity index is 0. The van der Waals surface area contributed by atoms with Crippen LogP contribution in [0.15, 0.2) is 0 Å². The molecule has 0 aromatic heterocycles. The first kappa shape index (κ1) is 23.1. The van der Waals surface area contributed by atoms with E-state index in [2.05, 4.69) is 6.92 Å². The van der Waals surface area contributed by atoms with Gasteiger partial charge in [0.15, 0.2) is 0 Å². The number of hydrogen-bond acceptors (Lipinski definition) is 3. The molecule has 0 aromatic rings. The number of rotatable bonds is 13. The highest BCUT2D eigenvalue weighted by molar-refractivity contribution is 7.85. The SMILES string of the molecule is CCCCCCCCCCCCCCCO.CS(=O)(=O)O. The van der Waals surface area contributed by atoms with E-state index in [1.54, 1.807) is 0 Å². The maximum Gasteiger partial charge on any atom is 0.261 e. The van der Waals surface area contributed by atoms with E-state index in [1.165, 1.54) is 77.0 Å². The maximum atomic E-state index is 9.19. The molecule has 130 valence electrons. The summed E-state index contributed by atoms with van der Waals surface area (Å²) in [5.74, 6) is 0. The minimum Gasteiger partial charge on any atom is -0.396 e. The molecular formula is C16H36O4S. The van der Waals surface area contributed by atoms with Gasteiger partial charge in [-0.1, -0.05) is 84.0 Å². The van der Waals surface area contributed by atoms with E-state index in [9.17, 15) is 8.42 Å². The second kappa shape index (κ2) is 17.9. The Kier molecular flexibility index (Phi) is 19.7. The maximum absolute atomic E-state index is 9.19. The summed E-state index contributed by atoms with van der Waals surface area (Å²) in [4.78, 5) is 0. The van der Waals surface area contributed by atoms with Crippen LogP contribution < -0.4 is 0 Å². The van der Waals surface area contributed by atoms with E-state index in [0.29, 0.717) is 12.9 Å². The molecule has 0 radical (unpaired) electrons. The smallest absolute Gasteiger partial charge is 0.261 e. The average Bonchev–Trinajstić information content (AvgIpc) is 2.38. The summed E-state index contributed by atoms with van der Waals surface area (Å²) < 4.78 is 25.9. The van der Waals surface area contributed by atoms with Crippen LogP contribution >= 0.6 is 0 Å². The molecular weight excluding hydrogens is 288 g/mol. The molecule has 4 nitrogen and oxygen atoms in total. The van der Waals surface area contributed by atoms with Crippen molar-refractivity contribution in [1.82, 2.24) is 0 Å².